The Balaban J connectivity index is 2.03. The van der Waals surface area contributed by atoms with Crippen molar-refractivity contribution in [2.24, 2.45) is 5.73 Å². The summed E-state index contributed by atoms with van der Waals surface area (Å²) in [4.78, 5) is 11.8. The van der Waals surface area contributed by atoms with Crippen molar-refractivity contribution in [1.82, 2.24) is 5.32 Å². The van der Waals surface area contributed by atoms with Crippen LogP contribution in [-0.2, 0) is 10.2 Å². The number of hydrogen-bond acceptors (Lipinski definition) is 2. The van der Waals surface area contributed by atoms with Crippen molar-refractivity contribution in [2.75, 3.05) is 6.54 Å². The van der Waals surface area contributed by atoms with Gasteiger partial charge in [-0.2, -0.15) is 0 Å². The van der Waals surface area contributed by atoms with E-state index >= 15 is 0 Å². The van der Waals surface area contributed by atoms with E-state index in [0.29, 0.717) is 6.54 Å². The number of carbonyl (C=O) groups is 1. The quantitative estimate of drug-likeness (QED) is 0.897. The van der Waals surface area contributed by atoms with E-state index in [4.69, 9.17) is 5.73 Å². The van der Waals surface area contributed by atoms with Crippen molar-refractivity contribution in [1.29, 1.82) is 0 Å². The Bertz CT molecular complexity index is 461. The van der Waals surface area contributed by atoms with Crippen molar-refractivity contribution >= 4 is 21.8 Å². The van der Waals surface area contributed by atoms with Crippen LogP contribution in [0, 0.1) is 0 Å². The zero-order chi connectivity index (χ0) is 13.4. The number of carbonyl (C=O) groups excluding carboxylic acids is 1. The van der Waals surface area contributed by atoms with Gasteiger partial charge in [0.1, 0.15) is 0 Å². The molecule has 1 aliphatic rings. The Morgan fingerprint density at radius 2 is 2.17 bits per heavy atom. The molecule has 3 nitrogen and oxygen atoms in total. The number of halogens is 1. The third-order valence-electron chi connectivity index (χ3n) is 3.46. The maximum Gasteiger partial charge on any atom is 0.239 e. The van der Waals surface area contributed by atoms with Gasteiger partial charge in [0.2, 0.25) is 5.91 Å². The van der Waals surface area contributed by atoms with E-state index in [0.717, 1.165) is 17.3 Å². The fourth-order valence-corrected chi connectivity index (χ4v) is 2.41. The standard InChI is InChI=1S/C14H19BrN2O/c1-13(2,16)12(18)17-9-14(6-7-14)10-4-3-5-11(15)8-10/h3-5,8H,6-7,9,16H2,1-2H3,(H,17,18). The SMILES string of the molecule is CC(C)(N)C(=O)NCC1(c2cccc(Br)c2)CC1. The highest BCUT2D eigenvalue weighted by molar-refractivity contribution is 9.10. The minimum absolute atomic E-state index is 0.0937. The van der Waals surface area contributed by atoms with E-state index in [1.807, 2.05) is 12.1 Å². The lowest BCUT2D eigenvalue weighted by Gasteiger charge is -2.22. The van der Waals surface area contributed by atoms with Gasteiger partial charge in [-0.3, -0.25) is 4.79 Å². The predicted molar refractivity (Wildman–Crippen MR) is 76.3 cm³/mol. The van der Waals surface area contributed by atoms with Crippen LogP contribution in [0.3, 0.4) is 0 Å². The molecule has 4 heteroatoms. The highest BCUT2D eigenvalue weighted by Crippen LogP contribution is 2.48. The molecule has 0 heterocycles. The fourth-order valence-electron chi connectivity index (χ4n) is 2.01. The molecule has 1 fully saturated rings. The summed E-state index contributed by atoms with van der Waals surface area (Å²) >= 11 is 3.49. The molecule has 0 bridgehead atoms. The van der Waals surface area contributed by atoms with Crippen LogP contribution in [0.15, 0.2) is 28.7 Å². The van der Waals surface area contributed by atoms with E-state index in [1.165, 1.54) is 5.56 Å². The molecule has 1 aromatic rings. The summed E-state index contributed by atoms with van der Waals surface area (Å²) in [7, 11) is 0. The van der Waals surface area contributed by atoms with E-state index < -0.39 is 5.54 Å². The molecule has 18 heavy (non-hydrogen) atoms. The fraction of sp³-hybridized carbons (Fsp3) is 0.500. The monoisotopic (exact) mass is 310 g/mol. The number of rotatable bonds is 4. The van der Waals surface area contributed by atoms with Crippen molar-refractivity contribution in [3.63, 3.8) is 0 Å². The lowest BCUT2D eigenvalue weighted by atomic mass is 9.95. The summed E-state index contributed by atoms with van der Waals surface area (Å²) in [6.07, 6.45) is 2.24. The highest BCUT2D eigenvalue weighted by Gasteiger charge is 2.44. The van der Waals surface area contributed by atoms with Gasteiger partial charge >= 0.3 is 0 Å². The van der Waals surface area contributed by atoms with Crippen LogP contribution in [0.4, 0.5) is 0 Å². The van der Waals surface area contributed by atoms with Gasteiger partial charge in [0.15, 0.2) is 0 Å². The number of amides is 1. The second-order valence-electron chi connectivity index (χ2n) is 5.70. The van der Waals surface area contributed by atoms with Crippen LogP contribution in [0.2, 0.25) is 0 Å². The van der Waals surface area contributed by atoms with Gasteiger partial charge in [0, 0.05) is 16.4 Å². The first kappa shape index (κ1) is 13.6. The lowest BCUT2D eigenvalue weighted by Crippen LogP contribution is -2.50. The summed E-state index contributed by atoms with van der Waals surface area (Å²) in [6, 6.07) is 8.31. The third-order valence-corrected chi connectivity index (χ3v) is 3.96. The normalized spacial score (nSPS) is 17.3. The number of nitrogens with two attached hydrogens (primary N) is 1. The van der Waals surface area contributed by atoms with Crippen LogP contribution in [0.5, 0.6) is 0 Å². The molecule has 1 saturated carbocycles. The summed E-state index contributed by atoms with van der Waals surface area (Å²) in [6.45, 7) is 4.12. The van der Waals surface area contributed by atoms with Gasteiger partial charge in [0.25, 0.3) is 0 Å². The van der Waals surface area contributed by atoms with Gasteiger partial charge < -0.3 is 11.1 Å². The van der Waals surface area contributed by atoms with Crippen LogP contribution in [0.1, 0.15) is 32.3 Å². The van der Waals surface area contributed by atoms with Crippen LogP contribution >= 0.6 is 15.9 Å². The smallest absolute Gasteiger partial charge is 0.239 e. The second kappa shape index (κ2) is 4.67. The molecule has 3 N–H and O–H groups in total. The molecule has 1 aromatic carbocycles. The zero-order valence-corrected chi connectivity index (χ0v) is 12.4. The van der Waals surface area contributed by atoms with Gasteiger partial charge in [0.05, 0.1) is 5.54 Å². The lowest BCUT2D eigenvalue weighted by molar-refractivity contribution is -0.125. The Morgan fingerprint density at radius 3 is 2.67 bits per heavy atom. The van der Waals surface area contributed by atoms with Gasteiger partial charge in [-0.05, 0) is 44.4 Å². The van der Waals surface area contributed by atoms with E-state index in [9.17, 15) is 4.79 Å². The van der Waals surface area contributed by atoms with Crippen molar-refractivity contribution < 1.29 is 4.79 Å². The van der Waals surface area contributed by atoms with Crippen molar-refractivity contribution in [2.45, 2.75) is 37.6 Å². The summed E-state index contributed by atoms with van der Waals surface area (Å²) in [5.41, 5.74) is 6.36. The Labute approximate surface area is 116 Å². The molecular weight excluding hydrogens is 292 g/mol. The maximum absolute atomic E-state index is 11.8. The molecule has 0 radical (unpaired) electrons. The maximum atomic E-state index is 11.8. The Morgan fingerprint density at radius 1 is 1.50 bits per heavy atom. The highest BCUT2D eigenvalue weighted by atomic mass is 79.9. The Kier molecular flexibility index (Phi) is 3.52. The van der Waals surface area contributed by atoms with Crippen molar-refractivity contribution in [3.8, 4) is 0 Å². The predicted octanol–water partition coefficient (Wildman–Crippen LogP) is 2.33. The van der Waals surface area contributed by atoms with Crippen molar-refractivity contribution in [3.05, 3.63) is 34.3 Å². The molecule has 0 aromatic heterocycles. The summed E-state index contributed by atoms with van der Waals surface area (Å²) in [5, 5.41) is 2.96. The molecule has 0 saturated heterocycles. The number of nitrogens with one attached hydrogen (secondary N) is 1. The molecule has 0 spiro atoms. The minimum atomic E-state index is -0.812. The van der Waals surface area contributed by atoms with Crippen LogP contribution in [-0.4, -0.2) is 18.0 Å². The first-order chi connectivity index (χ1) is 8.33. The van der Waals surface area contributed by atoms with Gasteiger partial charge in [-0.15, -0.1) is 0 Å². The third kappa shape index (κ3) is 2.93. The zero-order valence-electron chi connectivity index (χ0n) is 10.8. The van der Waals surface area contributed by atoms with E-state index in [1.54, 1.807) is 13.8 Å². The molecule has 2 rings (SSSR count). The molecule has 0 atom stereocenters. The van der Waals surface area contributed by atoms with E-state index in [-0.39, 0.29) is 11.3 Å². The van der Waals surface area contributed by atoms with E-state index in [2.05, 4.69) is 33.4 Å². The molecular formula is C14H19BrN2O. The second-order valence-corrected chi connectivity index (χ2v) is 6.61. The Hall–Kier alpha value is -0.870. The molecule has 1 aliphatic carbocycles. The topological polar surface area (TPSA) is 55.1 Å². The molecule has 0 aliphatic heterocycles. The average Bonchev–Trinajstić information content (AvgIpc) is 3.05. The first-order valence-electron chi connectivity index (χ1n) is 6.17. The van der Waals surface area contributed by atoms with Gasteiger partial charge in [-0.25, -0.2) is 0 Å². The first-order valence-corrected chi connectivity index (χ1v) is 6.96. The molecule has 0 unspecified atom stereocenters. The average molecular weight is 311 g/mol. The number of benzene rings is 1. The van der Waals surface area contributed by atoms with Crippen LogP contribution in [0.25, 0.3) is 0 Å². The molecule has 98 valence electrons. The van der Waals surface area contributed by atoms with Gasteiger partial charge in [-0.1, -0.05) is 28.1 Å². The number of hydrogen-bond donors (Lipinski definition) is 2. The minimum Gasteiger partial charge on any atom is -0.354 e. The largest absolute Gasteiger partial charge is 0.354 e. The summed E-state index contributed by atoms with van der Waals surface area (Å²) < 4.78 is 1.08. The summed E-state index contributed by atoms with van der Waals surface area (Å²) in [5.74, 6) is -0.0937. The van der Waals surface area contributed by atoms with Crippen LogP contribution < -0.4 is 11.1 Å². The molecule has 1 amide bonds.